The van der Waals surface area contributed by atoms with Gasteiger partial charge in [0, 0.05) is 6.42 Å². The molecule has 0 fully saturated rings. The molecule has 0 radical (unpaired) electrons. The Morgan fingerprint density at radius 2 is 2.10 bits per heavy atom. The number of alkyl carbamates (subject to hydrolysis) is 1. The van der Waals surface area contributed by atoms with Gasteiger partial charge < -0.3 is 19.9 Å². The van der Waals surface area contributed by atoms with Gasteiger partial charge in [-0.05, 0) is 44.0 Å². The van der Waals surface area contributed by atoms with Crippen LogP contribution in [0.4, 0.5) is 4.79 Å². The molecule has 0 aromatic heterocycles. The first-order valence-electron chi connectivity index (χ1n) is 6.74. The Morgan fingerprint density at radius 3 is 2.71 bits per heavy atom. The topological polar surface area (TPSA) is 84.9 Å². The fraction of sp³-hybridized carbons (Fsp3) is 0.467. The third-order valence-corrected chi connectivity index (χ3v) is 2.95. The van der Waals surface area contributed by atoms with Crippen molar-refractivity contribution in [1.29, 1.82) is 0 Å². The minimum atomic E-state index is -1.15. The Balaban J connectivity index is 2.16. The molecular formula is C15H19NO5. The normalized spacial score (nSPS) is 14.8. The molecule has 1 unspecified atom stereocenters. The van der Waals surface area contributed by atoms with E-state index in [4.69, 9.17) is 9.47 Å². The van der Waals surface area contributed by atoms with Crippen LogP contribution >= 0.6 is 0 Å². The number of hydrogen-bond donors (Lipinski definition) is 2. The SMILES string of the molecule is CC(C)(C)OC(=O)NC(C(=O)O)c1ccc2c(c1)CCO2. The quantitative estimate of drug-likeness (QED) is 0.893. The Morgan fingerprint density at radius 1 is 1.38 bits per heavy atom. The highest BCUT2D eigenvalue weighted by atomic mass is 16.6. The first-order valence-corrected chi connectivity index (χ1v) is 6.74. The third kappa shape index (κ3) is 3.87. The molecule has 1 atom stereocenters. The maximum absolute atomic E-state index is 11.8. The molecule has 114 valence electrons. The first kappa shape index (κ1) is 15.2. The molecule has 0 spiro atoms. The minimum Gasteiger partial charge on any atom is -0.493 e. The van der Waals surface area contributed by atoms with Crippen molar-refractivity contribution in [2.75, 3.05) is 6.61 Å². The number of amides is 1. The van der Waals surface area contributed by atoms with E-state index in [9.17, 15) is 14.7 Å². The van der Waals surface area contributed by atoms with Crippen LogP contribution in [0.2, 0.25) is 0 Å². The number of carbonyl (C=O) groups is 2. The zero-order chi connectivity index (χ0) is 15.6. The Kier molecular flexibility index (Phi) is 4.06. The summed E-state index contributed by atoms with van der Waals surface area (Å²) in [4.78, 5) is 23.2. The Bertz CT molecular complexity index is 562. The summed E-state index contributed by atoms with van der Waals surface area (Å²) in [7, 11) is 0. The van der Waals surface area contributed by atoms with Crippen LogP contribution in [-0.2, 0) is 16.0 Å². The average Bonchev–Trinajstić information content (AvgIpc) is 2.80. The molecule has 21 heavy (non-hydrogen) atoms. The van der Waals surface area contributed by atoms with Crippen molar-refractivity contribution in [3.8, 4) is 5.75 Å². The number of benzene rings is 1. The molecule has 0 saturated carbocycles. The summed E-state index contributed by atoms with van der Waals surface area (Å²) in [5.41, 5.74) is 0.765. The average molecular weight is 293 g/mol. The van der Waals surface area contributed by atoms with Crippen LogP contribution in [0.25, 0.3) is 0 Å². The molecule has 1 amide bonds. The highest BCUT2D eigenvalue weighted by Gasteiger charge is 2.26. The molecule has 1 aromatic rings. The lowest BCUT2D eigenvalue weighted by molar-refractivity contribution is -0.139. The number of aliphatic carboxylic acids is 1. The van der Waals surface area contributed by atoms with Gasteiger partial charge in [-0.25, -0.2) is 9.59 Å². The van der Waals surface area contributed by atoms with Gasteiger partial charge in [0.15, 0.2) is 6.04 Å². The lowest BCUT2D eigenvalue weighted by Gasteiger charge is -2.22. The van der Waals surface area contributed by atoms with Crippen molar-refractivity contribution in [2.45, 2.75) is 38.8 Å². The van der Waals surface area contributed by atoms with E-state index >= 15 is 0 Å². The van der Waals surface area contributed by atoms with Crippen molar-refractivity contribution in [3.63, 3.8) is 0 Å². The number of carbonyl (C=O) groups excluding carboxylic acids is 1. The van der Waals surface area contributed by atoms with Crippen LogP contribution in [0.15, 0.2) is 18.2 Å². The second-order valence-corrected chi connectivity index (χ2v) is 5.88. The molecule has 2 rings (SSSR count). The minimum absolute atomic E-state index is 0.498. The highest BCUT2D eigenvalue weighted by Crippen LogP contribution is 2.28. The standard InChI is InChI=1S/C15H19NO5/c1-15(2,3)21-14(19)16-12(13(17)18)10-4-5-11-9(8-10)6-7-20-11/h4-5,8,12H,6-7H2,1-3H3,(H,16,19)(H,17,18). The smallest absolute Gasteiger partial charge is 0.408 e. The lowest BCUT2D eigenvalue weighted by Crippen LogP contribution is -2.38. The van der Waals surface area contributed by atoms with Gasteiger partial charge in [-0.15, -0.1) is 0 Å². The van der Waals surface area contributed by atoms with Crippen molar-refractivity contribution in [1.82, 2.24) is 5.32 Å². The highest BCUT2D eigenvalue weighted by molar-refractivity contribution is 5.81. The number of hydrogen-bond acceptors (Lipinski definition) is 4. The molecular weight excluding hydrogens is 274 g/mol. The molecule has 1 aromatic carbocycles. The number of ether oxygens (including phenoxy) is 2. The summed E-state index contributed by atoms with van der Waals surface area (Å²) in [6.07, 6.45) is -0.0197. The van der Waals surface area contributed by atoms with Crippen LogP contribution in [0.3, 0.4) is 0 Å². The fourth-order valence-electron chi connectivity index (χ4n) is 2.10. The summed E-state index contributed by atoms with van der Waals surface area (Å²) in [5.74, 6) is -0.375. The maximum Gasteiger partial charge on any atom is 0.408 e. The van der Waals surface area contributed by atoms with E-state index in [-0.39, 0.29) is 0 Å². The summed E-state index contributed by atoms with van der Waals surface area (Å²) < 4.78 is 10.5. The molecule has 1 heterocycles. The second kappa shape index (κ2) is 5.63. The summed E-state index contributed by atoms with van der Waals surface area (Å²) in [5, 5.41) is 11.7. The van der Waals surface area contributed by atoms with E-state index in [1.54, 1.807) is 39.0 Å². The van der Waals surface area contributed by atoms with Gasteiger partial charge in [-0.1, -0.05) is 6.07 Å². The molecule has 1 aliphatic rings. The van der Waals surface area contributed by atoms with Crippen molar-refractivity contribution >= 4 is 12.1 Å². The van der Waals surface area contributed by atoms with Crippen LogP contribution < -0.4 is 10.1 Å². The van der Waals surface area contributed by atoms with Gasteiger partial charge >= 0.3 is 12.1 Å². The van der Waals surface area contributed by atoms with Gasteiger partial charge in [0.25, 0.3) is 0 Å². The van der Waals surface area contributed by atoms with Crippen LogP contribution in [-0.4, -0.2) is 29.4 Å². The van der Waals surface area contributed by atoms with E-state index < -0.39 is 23.7 Å². The second-order valence-electron chi connectivity index (χ2n) is 5.88. The van der Waals surface area contributed by atoms with Crippen molar-refractivity contribution in [3.05, 3.63) is 29.3 Å². The summed E-state index contributed by atoms with van der Waals surface area (Å²) in [6.45, 7) is 5.75. The van der Waals surface area contributed by atoms with Gasteiger partial charge in [0.2, 0.25) is 0 Å². The van der Waals surface area contributed by atoms with Crippen LogP contribution in [0.1, 0.15) is 37.9 Å². The largest absolute Gasteiger partial charge is 0.493 e. The molecule has 6 heteroatoms. The number of rotatable bonds is 3. The molecule has 0 aliphatic carbocycles. The van der Waals surface area contributed by atoms with Gasteiger partial charge in [-0.2, -0.15) is 0 Å². The van der Waals surface area contributed by atoms with Crippen molar-refractivity contribution < 1.29 is 24.2 Å². The third-order valence-electron chi connectivity index (χ3n) is 2.95. The summed E-state index contributed by atoms with van der Waals surface area (Å²) >= 11 is 0. The number of carboxylic acids is 1. The van der Waals surface area contributed by atoms with E-state index in [0.717, 1.165) is 17.7 Å². The monoisotopic (exact) mass is 293 g/mol. The zero-order valence-corrected chi connectivity index (χ0v) is 12.3. The summed E-state index contributed by atoms with van der Waals surface area (Å²) in [6, 6.07) is 3.97. The van der Waals surface area contributed by atoms with Gasteiger partial charge in [0.05, 0.1) is 6.61 Å². The predicted octanol–water partition coefficient (Wildman–Crippen LogP) is 2.27. The Hall–Kier alpha value is -2.24. The van der Waals surface area contributed by atoms with Gasteiger partial charge in [-0.3, -0.25) is 0 Å². The molecule has 1 aliphatic heterocycles. The fourth-order valence-corrected chi connectivity index (χ4v) is 2.10. The molecule has 2 N–H and O–H groups in total. The first-order chi connectivity index (χ1) is 9.76. The number of fused-ring (bicyclic) bond motifs is 1. The molecule has 0 saturated heterocycles. The van der Waals surface area contributed by atoms with E-state index in [0.29, 0.717) is 12.2 Å². The Labute approximate surface area is 123 Å². The van der Waals surface area contributed by atoms with E-state index in [1.165, 1.54) is 0 Å². The predicted molar refractivity (Wildman–Crippen MR) is 75.4 cm³/mol. The maximum atomic E-state index is 11.8. The van der Waals surface area contributed by atoms with Gasteiger partial charge in [0.1, 0.15) is 11.4 Å². The lowest BCUT2D eigenvalue weighted by atomic mass is 10.0. The molecule has 6 nitrogen and oxygen atoms in total. The van der Waals surface area contributed by atoms with E-state index in [1.807, 2.05) is 0 Å². The van der Waals surface area contributed by atoms with Crippen LogP contribution in [0, 0.1) is 0 Å². The number of nitrogens with one attached hydrogen (secondary N) is 1. The zero-order valence-electron chi connectivity index (χ0n) is 12.3. The van der Waals surface area contributed by atoms with Crippen LogP contribution in [0.5, 0.6) is 5.75 Å². The molecule has 0 bridgehead atoms. The van der Waals surface area contributed by atoms with Crippen molar-refractivity contribution in [2.24, 2.45) is 0 Å². The number of carboxylic acid groups (broad SMARTS) is 1. The van der Waals surface area contributed by atoms with E-state index in [2.05, 4.69) is 5.32 Å².